The fourth-order valence-electron chi connectivity index (χ4n) is 2.99. The molecule has 3 rings (SSSR count). The summed E-state index contributed by atoms with van der Waals surface area (Å²) in [5, 5.41) is -1.72. The number of carbonyl (C=O) groups excluding carboxylic acids is 1. The number of amides is 1. The van der Waals surface area contributed by atoms with Gasteiger partial charge in [-0.2, -0.15) is 0 Å². The minimum Gasteiger partial charge on any atom is -0.337 e. The number of hydrogen-bond acceptors (Lipinski definition) is 3. The first kappa shape index (κ1) is 18.5. The normalized spacial score (nSPS) is 23.1. The third kappa shape index (κ3) is 4.08. The van der Waals surface area contributed by atoms with Gasteiger partial charge in [0.1, 0.15) is 5.25 Å². The number of sulfonamides is 1. The van der Waals surface area contributed by atoms with E-state index < -0.39 is 20.7 Å². The summed E-state index contributed by atoms with van der Waals surface area (Å²) in [5.74, 6) is -0.268. The van der Waals surface area contributed by atoms with Gasteiger partial charge in [-0.1, -0.05) is 48.0 Å². The van der Waals surface area contributed by atoms with Crippen LogP contribution in [0.15, 0.2) is 47.5 Å². The van der Waals surface area contributed by atoms with Crippen LogP contribution in [0.1, 0.15) is 11.1 Å². The Bertz CT molecular complexity index is 836. The molecule has 0 radical (unpaired) electrons. The van der Waals surface area contributed by atoms with Gasteiger partial charge in [0.15, 0.2) is 0 Å². The van der Waals surface area contributed by atoms with Gasteiger partial charge in [0.2, 0.25) is 15.9 Å². The molecule has 1 amide bonds. The van der Waals surface area contributed by atoms with Crippen molar-refractivity contribution < 1.29 is 13.2 Å². The summed E-state index contributed by atoms with van der Waals surface area (Å²) in [5.41, 5.74) is 2.32. The van der Waals surface area contributed by atoms with Crippen molar-refractivity contribution in [2.75, 3.05) is 13.1 Å². The molecule has 0 aromatic heterocycles. The van der Waals surface area contributed by atoms with Crippen molar-refractivity contribution in [3.63, 3.8) is 0 Å². The monoisotopic (exact) mass is 400 g/mol. The highest BCUT2D eigenvalue weighted by atomic mass is 35.5. The van der Waals surface area contributed by atoms with Crippen molar-refractivity contribution in [3.05, 3.63) is 58.7 Å². The molecule has 0 bridgehead atoms. The van der Waals surface area contributed by atoms with E-state index >= 15 is 0 Å². The molecule has 25 heavy (non-hydrogen) atoms. The smallest absolute Gasteiger partial charge is 0.237 e. The molecule has 0 spiro atoms. The number of alkyl halides is 1. The van der Waals surface area contributed by atoms with E-state index in [9.17, 15) is 13.2 Å². The molecule has 1 aliphatic heterocycles. The Hall–Kier alpha value is -1.34. The Labute approximate surface area is 157 Å². The van der Waals surface area contributed by atoms with Gasteiger partial charge in [-0.3, -0.25) is 4.79 Å². The van der Waals surface area contributed by atoms with Crippen molar-refractivity contribution in [2.45, 2.75) is 23.6 Å². The summed E-state index contributed by atoms with van der Waals surface area (Å²) in [6, 6.07) is 7.94. The van der Waals surface area contributed by atoms with Crippen LogP contribution in [0.5, 0.6) is 0 Å². The van der Waals surface area contributed by atoms with Crippen molar-refractivity contribution in [1.82, 2.24) is 9.62 Å². The molecule has 8 heteroatoms. The Morgan fingerprint density at radius 2 is 2.00 bits per heavy atom. The van der Waals surface area contributed by atoms with Crippen LogP contribution >= 0.6 is 23.2 Å². The molecule has 0 fully saturated rings. The zero-order valence-corrected chi connectivity index (χ0v) is 15.7. The largest absolute Gasteiger partial charge is 0.337 e. The molecule has 1 aromatic carbocycles. The lowest BCUT2D eigenvalue weighted by atomic mass is 10.00. The van der Waals surface area contributed by atoms with E-state index in [0.717, 1.165) is 12.0 Å². The maximum absolute atomic E-state index is 12.5. The van der Waals surface area contributed by atoms with Gasteiger partial charge in [0.25, 0.3) is 0 Å². The number of hydrogen-bond donors (Lipinski definition) is 1. The average molecular weight is 401 g/mol. The van der Waals surface area contributed by atoms with Gasteiger partial charge in [-0.05, 0) is 23.6 Å². The number of halogens is 2. The Kier molecular flexibility index (Phi) is 5.53. The molecule has 2 unspecified atom stereocenters. The molecule has 0 saturated heterocycles. The molecular formula is C17H18Cl2N2O3S. The molecule has 2 atom stereocenters. The van der Waals surface area contributed by atoms with Crippen LogP contribution in [-0.4, -0.2) is 42.9 Å². The van der Waals surface area contributed by atoms with Crippen LogP contribution in [0, 0.1) is 0 Å². The highest BCUT2D eigenvalue weighted by Crippen LogP contribution is 2.27. The number of nitrogens with zero attached hydrogens (tertiary/aromatic N) is 1. The fourth-order valence-corrected chi connectivity index (χ4v) is 5.56. The lowest BCUT2D eigenvalue weighted by Crippen LogP contribution is -2.46. The number of nitrogens with one attached hydrogen (secondary N) is 1. The maximum Gasteiger partial charge on any atom is 0.237 e. The Balaban J connectivity index is 1.63. The van der Waals surface area contributed by atoms with E-state index in [4.69, 9.17) is 23.2 Å². The lowest BCUT2D eigenvalue weighted by molar-refractivity contribution is -0.130. The topological polar surface area (TPSA) is 66.5 Å². The van der Waals surface area contributed by atoms with E-state index in [-0.39, 0.29) is 17.5 Å². The van der Waals surface area contributed by atoms with Crippen molar-refractivity contribution >= 4 is 39.1 Å². The molecule has 0 saturated carbocycles. The minimum absolute atomic E-state index is 0.134. The van der Waals surface area contributed by atoms with Gasteiger partial charge in [0, 0.05) is 18.1 Å². The second-order valence-corrected chi connectivity index (χ2v) is 8.83. The van der Waals surface area contributed by atoms with E-state index in [1.807, 2.05) is 24.3 Å². The summed E-state index contributed by atoms with van der Waals surface area (Å²) in [6.45, 7) is 0.753. The summed E-state index contributed by atoms with van der Waals surface area (Å²) >= 11 is 12.0. The van der Waals surface area contributed by atoms with Gasteiger partial charge in [0.05, 0.1) is 11.9 Å². The van der Waals surface area contributed by atoms with Crippen molar-refractivity contribution in [3.8, 4) is 0 Å². The molecule has 2 aliphatic rings. The van der Waals surface area contributed by atoms with Crippen LogP contribution in [0.2, 0.25) is 0 Å². The van der Waals surface area contributed by atoms with Crippen molar-refractivity contribution in [2.24, 2.45) is 0 Å². The summed E-state index contributed by atoms with van der Waals surface area (Å²) < 4.78 is 27.3. The minimum atomic E-state index is -3.86. The zero-order valence-electron chi connectivity index (χ0n) is 13.4. The first-order valence-electron chi connectivity index (χ1n) is 7.89. The molecule has 1 aromatic rings. The highest BCUT2D eigenvalue weighted by molar-refractivity contribution is 7.90. The third-order valence-corrected chi connectivity index (χ3v) is 7.15. The third-order valence-electron chi connectivity index (χ3n) is 4.35. The predicted molar refractivity (Wildman–Crippen MR) is 99.0 cm³/mol. The van der Waals surface area contributed by atoms with Gasteiger partial charge in [-0.25, -0.2) is 13.1 Å². The van der Waals surface area contributed by atoms with E-state index in [1.165, 1.54) is 11.6 Å². The second-order valence-electron chi connectivity index (χ2n) is 6.00. The molecule has 1 aliphatic carbocycles. The number of carbonyl (C=O) groups is 1. The van der Waals surface area contributed by atoms with Crippen molar-refractivity contribution in [1.29, 1.82) is 0 Å². The number of fused-ring (bicyclic) bond motifs is 1. The second kappa shape index (κ2) is 7.50. The van der Waals surface area contributed by atoms with E-state index in [0.29, 0.717) is 13.1 Å². The van der Waals surface area contributed by atoms with E-state index in [2.05, 4.69) is 4.72 Å². The molecule has 1 N–H and O–H groups in total. The average Bonchev–Trinajstić information content (AvgIpc) is 2.59. The first-order valence-corrected chi connectivity index (χ1v) is 10.3. The van der Waals surface area contributed by atoms with Gasteiger partial charge in [-0.15, -0.1) is 11.6 Å². The lowest BCUT2D eigenvalue weighted by Gasteiger charge is -2.29. The molecule has 5 nitrogen and oxygen atoms in total. The Morgan fingerprint density at radius 3 is 2.72 bits per heavy atom. The molecular weight excluding hydrogens is 383 g/mol. The summed E-state index contributed by atoms with van der Waals surface area (Å²) in [4.78, 5) is 14.1. The highest BCUT2D eigenvalue weighted by Gasteiger charge is 2.35. The number of benzene rings is 1. The van der Waals surface area contributed by atoms with Crippen LogP contribution in [0.4, 0.5) is 0 Å². The molecule has 1 heterocycles. The van der Waals surface area contributed by atoms with Crippen LogP contribution < -0.4 is 4.72 Å². The van der Waals surface area contributed by atoms with Gasteiger partial charge >= 0.3 is 0 Å². The van der Waals surface area contributed by atoms with Crippen LogP contribution in [-0.2, 0) is 27.8 Å². The number of allylic oxidation sites excluding steroid dienone is 3. The first-order chi connectivity index (χ1) is 11.9. The van der Waals surface area contributed by atoms with Crippen LogP contribution in [0.3, 0.4) is 0 Å². The number of rotatable bonds is 4. The standard InChI is InChI=1S/C17H18Cl2N2O3S/c18-14-6-3-7-15(19)17(14)25(23,24)20-10-16(22)21-9-8-12-4-1-2-5-13(12)11-21/h1-7,14,17,20H,8-11H2. The Morgan fingerprint density at radius 1 is 1.28 bits per heavy atom. The molecule has 134 valence electrons. The fraction of sp³-hybridized carbons (Fsp3) is 0.353. The SMILES string of the molecule is O=C(CNS(=O)(=O)C1C(Cl)=CC=CC1Cl)N1CCc2ccccc2C1. The maximum atomic E-state index is 12.5. The van der Waals surface area contributed by atoms with E-state index in [1.54, 1.807) is 17.1 Å². The zero-order chi connectivity index (χ0) is 18.0. The summed E-state index contributed by atoms with van der Waals surface area (Å²) in [6.07, 6.45) is 5.43. The predicted octanol–water partition coefficient (Wildman–Crippen LogP) is 2.16. The van der Waals surface area contributed by atoms with Crippen LogP contribution in [0.25, 0.3) is 0 Å². The van der Waals surface area contributed by atoms with Gasteiger partial charge < -0.3 is 4.90 Å². The summed E-state index contributed by atoms with van der Waals surface area (Å²) in [7, 11) is -3.86. The quantitative estimate of drug-likeness (QED) is 0.787.